The van der Waals surface area contributed by atoms with Gasteiger partial charge in [0.25, 0.3) is 5.91 Å². The summed E-state index contributed by atoms with van der Waals surface area (Å²) in [6.07, 6.45) is 0. The van der Waals surface area contributed by atoms with Crippen LogP contribution >= 0.6 is 23.2 Å². The molecule has 3 rings (SSSR count). The summed E-state index contributed by atoms with van der Waals surface area (Å²) < 4.78 is 0. The van der Waals surface area contributed by atoms with Gasteiger partial charge in [0.2, 0.25) is 0 Å². The number of nitrogens with zero attached hydrogens (tertiary/aromatic N) is 1. The molecule has 1 unspecified atom stereocenters. The van der Waals surface area contributed by atoms with Crippen molar-refractivity contribution in [2.45, 2.75) is 31.8 Å². The van der Waals surface area contributed by atoms with Crippen LogP contribution in [0.3, 0.4) is 0 Å². The van der Waals surface area contributed by atoms with Crippen LogP contribution in [0.5, 0.6) is 0 Å². The molecule has 1 aliphatic heterocycles. The number of rotatable bonds is 3. The SMILES string of the molecule is CC1(C)C(C(=O)O)c2ccccc2C(=O)N1Cc1ccc(Cl)c(Cl)c1. The lowest BCUT2D eigenvalue weighted by molar-refractivity contribution is -0.142. The number of amides is 1. The Kier molecular flexibility index (Phi) is 4.52. The van der Waals surface area contributed by atoms with Gasteiger partial charge in [0.05, 0.1) is 15.6 Å². The molecule has 0 aliphatic carbocycles. The van der Waals surface area contributed by atoms with E-state index in [0.29, 0.717) is 21.2 Å². The second-order valence-electron chi connectivity index (χ2n) is 6.65. The first-order chi connectivity index (χ1) is 11.7. The maximum Gasteiger partial charge on any atom is 0.313 e. The number of aliphatic carboxylic acids is 1. The highest BCUT2D eigenvalue weighted by molar-refractivity contribution is 6.42. The Bertz CT molecular complexity index is 863. The lowest BCUT2D eigenvalue weighted by Crippen LogP contribution is -2.56. The maximum atomic E-state index is 13.0. The van der Waals surface area contributed by atoms with Crippen molar-refractivity contribution in [2.24, 2.45) is 0 Å². The number of halogens is 2. The van der Waals surface area contributed by atoms with Gasteiger partial charge >= 0.3 is 5.97 Å². The number of carbonyl (C=O) groups excluding carboxylic acids is 1. The highest BCUT2D eigenvalue weighted by Crippen LogP contribution is 2.41. The highest BCUT2D eigenvalue weighted by atomic mass is 35.5. The van der Waals surface area contributed by atoms with Crippen LogP contribution < -0.4 is 0 Å². The van der Waals surface area contributed by atoms with E-state index in [9.17, 15) is 14.7 Å². The standard InChI is InChI=1S/C19H17Cl2NO3/c1-19(2)16(18(24)25)12-5-3-4-6-13(12)17(23)22(19)10-11-7-8-14(20)15(21)9-11/h3-9,16H,10H2,1-2H3,(H,24,25). The molecule has 0 saturated carbocycles. The fraction of sp³-hybridized carbons (Fsp3) is 0.263. The molecule has 4 nitrogen and oxygen atoms in total. The first-order valence-corrected chi connectivity index (χ1v) is 8.56. The molecule has 0 radical (unpaired) electrons. The summed E-state index contributed by atoms with van der Waals surface area (Å²) in [5.74, 6) is -1.96. The Balaban J connectivity index is 2.08. The number of carbonyl (C=O) groups is 2. The van der Waals surface area contributed by atoms with Crippen molar-refractivity contribution in [3.05, 3.63) is 69.2 Å². The lowest BCUT2D eigenvalue weighted by Gasteiger charge is -2.47. The Morgan fingerprint density at radius 1 is 1.16 bits per heavy atom. The minimum atomic E-state index is -0.955. The fourth-order valence-corrected chi connectivity index (χ4v) is 3.74. The van der Waals surface area contributed by atoms with E-state index < -0.39 is 17.4 Å². The van der Waals surface area contributed by atoms with E-state index in [-0.39, 0.29) is 12.5 Å². The molecule has 0 spiro atoms. The predicted octanol–water partition coefficient (Wildman–Crippen LogP) is 4.60. The summed E-state index contributed by atoms with van der Waals surface area (Å²) in [5.41, 5.74) is 0.868. The minimum absolute atomic E-state index is 0.191. The van der Waals surface area contributed by atoms with Crippen molar-refractivity contribution < 1.29 is 14.7 Å². The van der Waals surface area contributed by atoms with Gasteiger partial charge in [-0.25, -0.2) is 0 Å². The molecule has 0 saturated heterocycles. The summed E-state index contributed by atoms with van der Waals surface area (Å²) in [7, 11) is 0. The molecule has 1 N–H and O–H groups in total. The fourth-order valence-electron chi connectivity index (χ4n) is 3.42. The second kappa shape index (κ2) is 6.36. The summed E-state index contributed by atoms with van der Waals surface area (Å²) >= 11 is 12.0. The molecule has 1 atom stereocenters. The molecule has 130 valence electrons. The van der Waals surface area contributed by atoms with Gasteiger partial charge in [-0.2, -0.15) is 0 Å². The van der Waals surface area contributed by atoms with Gasteiger partial charge in [-0.1, -0.05) is 47.5 Å². The van der Waals surface area contributed by atoms with E-state index in [1.54, 1.807) is 61.2 Å². The maximum absolute atomic E-state index is 13.0. The van der Waals surface area contributed by atoms with Crippen molar-refractivity contribution >= 4 is 35.1 Å². The number of carboxylic acids is 1. The Hall–Kier alpha value is -2.04. The van der Waals surface area contributed by atoms with E-state index in [4.69, 9.17) is 23.2 Å². The third-order valence-electron chi connectivity index (χ3n) is 4.72. The largest absolute Gasteiger partial charge is 0.481 e. The van der Waals surface area contributed by atoms with Crippen molar-refractivity contribution in [1.29, 1.82) is 0 Å². The van der Waals surface area contributed by atoms with Gasteiger partial charge < -0.3 is 10.0 Å². The molecule has 1 heterocycles. The Morgan fingerprint density at radius 3 is 2.48 bits per heavy atom. The van der Waals surface area contributed by atoms with Crippen LogP contribution in [0.4, 0.5) is 0 Å². The molecule has 2 aromatic rings. The van der Waals surface area contributed by atoms with Crippen LogP contribution in [0.25, 0.3) is 0 Å². The first kappa shape index (κ1) is 17.8. The van der Waals surface area contributed by atoms with E-state index in [0.717, 1.165) is 5.56 Å². The molecular weight excluding hydrogens is 361 g/mol. The van der Waals surface area contributed by atoms with Gasteiger partial charge in [0.15, 0.2) is 0 Å². The van der Waals surface area contributed by atoms with Crippen LogP contribution in [0.15, 0.2) is 42.5 Å². The molecular formula is C19H17Cl2NO3. The molecule has 2 aromatic carbocycles. The van der Waals surface area contributed by atoms with E-state index in [1.165, 1.54) is 0 Å². The summed E-state index contributed by atoms with van der Waals surface area (Å²) in [6, 6.07) is 12.0. The quantitative estimate of drug-likeness (QED) is 0.850. The number of hydrogen-bond acceptors (Lipinski definition) is 2. The number of benzene rings is 2. The number of fused-ring (bicyclic) bond motifs is 1. The topological polar surface area (TPSA) is 57.6 Å². The smallest absolute Gasteiger partial charge is 0.313 e. The zero-order valence-electron chi connectivity index (χ0n) is 13.8. The molecule has 25 heavy (non-hydrogen) atoms. The minimum Gasteiger partial charge on any atom is -0.481 e. The Morgan fingerprint density at radius 2 is 1.84 bits per heavy atom. The molecule has 1 amide bonds. The predicted molar refractivity (Wildman–Crippen MR) is 97.2 cm³/mol. The van der Waals surface area contributed by atoms with Crippen LogP contribution in [0, 0.1) is 0 Å². The summed E-state index contributed by atoms with van der Waals surface area (Å²) in [5, 5.41) is 10.6. The van der Waals surface area contributed by atoms with Crippen molar-refractivity contribution in [3.63, 3.8) is 0 Å². The lowest BCUT2D eigenvalue weighted by atomic mass is 9.74. The van der Waals surface area contributed by atoms with Gasteiger partial charge in [0, 0.05) is 12.1 Å². The molecule has 0 fully saturated rings. The summed E-state index contributed by atoms with van der Waals surface area (Å²) in [4.78, 5) is 26.6. The molecule has 6 heteroatoms. The molecule has 0 aromatic heterocycles. The average Bonchev–Trinajstić information content (AvgIpc) is 2.54. The first-order valence-electron chi connectivity index (χ1n) is 7.81. The Labute approximate surface area is 156 Å². The zero-order chi connectivity index (χ0) is 18.4. The van der Waals surface area contributed by atoms with E-state index >= 15 is 0 Å². The van der Waals surface area contributed by atoms with Gasteiger partial charge in [-0.15, -0.1) is 0 Å². The third-order valence-corrected chi connectivity index (χ3v) is 5.46. The van der Waals surface area contributed by atoms with E-state index in [1.807, 2.05) is 0 Å². The zero-order valence-corrected chi connectivity index (χ0v) is 15.3. The molecule has 1 aliphatic rings. The van der Waals surface area contributed by atoms with Crippen LogP contribution in [0.2, 0.25) is 10.0 Å². The number of carboxylic acid groups (broad SMARTS) is 1. The monoisotopic (exact) mass is 377 g/mol. The average molecular weight is 378 g/mol. The van der Waals surface area contributed by atoms with Crippen molar-refractivity contribution in [2.75, 3.05) is 0 Å². The van der Waals surface area contributed by atoms with Crippen molar-refractivity contribution in [3.8, 4) is 0 Å². The second-order valence-corrected chi connectivity index (χ2v) is 7.47. The van der Waals surface area contributed by atoms with Crippen LogP contribution in [-0.2, 0) is 11.3 Å². The van der Waals surface area contributed by atoms with Crippen LogP contribution in [0.1, 0.15) is 41.3 Å². The summed E-state index contributed by atoms with van der Waals surface area (Å²) in [6.45, 7) is 3.80. The number of hydrogen-bond donors (Lipinski definition) is 1. The molecule has 0 bridgehead atoms. The highest BCUT2D eigenvalue weighted by Gasteiger charge is 2.48. The van der Waals surface area contributed by atoms with Crippen molar-refractivity contribution in [1.82, 2.24) is 4.90 Å². The third kappa shape index (κ3) is 3.00. The van der Waals surface area contributed by atoms with Gasteiger partial charge in [-0.05, 0) is 43.2 Å². The van der Waals surface area contributed by atoms with Gasteiger partial charge in [0.1, 0.15) is 5.92 Å². The van der Waals surface area contributed by atoms with E-state index in [2.05, 4.69) is 0 Å². The van der Waals surface area contributed by atoms with Gasteiger partial charge in [-0.3, -0.25) is 9.59 Å². The van der Waals surface area contributed by atoms with Crippen LogP contribution in [-0.4, -0.2) is 27.4 Å². The normalized spacial score (nSPS) is 18.8.